The first kappa shape index (κ1) is 8.37. The summed E-state index contributed by atoms with van der Waals surface area (Å²) in [7, 11) is 0. The van der Waals surface area contributed by atoms with Crippen molar-refractivity contribution in [1.82, 2.24) is 19.6 Å². The van der Waals surface area contributed by atoms with E-state index >= 15 is 0 Å². The van der Waals surface area contributed by atoms with Crippen LogP contribution in [0.1, 0.15) is 0 Å². The van der Waals surface area contributed by atoms with Gasteiger partial charge >= 0.3 is 0 Å². The van der Waals surface area contributed by atoms with Crippen LogP contribution in [-0.4, -0.2) is 19.6 Å². The molecule has 3 aromatic heterocycles. The van der Waals surface area contributed by atoms with Crippen molar-refractivity contribution in [3.8, 4) is 10.6 Å². The Bertz CT molecular complexity index is 612. The number of rotatable bonds is 1. The standard InChI is InChI=1S/C9H7N5S/c10-9-13-12-8(15-9)6-1-2-7-11-3-4-14(7)5-6/h1-5H,(H2,10,13). The zero-order chi connectivity index (χ0) is 10.3. The third-order valence-corrected chi connectivity index (χ3v) is 2.88. The molecular weight excluding hydrogens is 210 g/mol. The largest absolute Gasteiger partial charge is 0.374 e. The molecule has 0 unspecified atom stereocenters. The Kier molecular flexibility index (Phi) is 1.69. The summed E-state index contributed by atoms with van der Waals surface area (Å²) in [5, 5.41) is 9.07. The van der Waals surface area contributed by atoms with Gasteiger partial charge in [-0.2, -0.15) is 0 Å². The minimum absolute atomic E-state index is 0.482. The summed E-state index contributed by atoms with van der Waals surface area (Å²) in [6, 6.07) is 3.90. The number of nitrogens with two attached hydrogens (primary N) is 1. The fourth-order valence-electron chi connectivity index (χ4n) is 1.40. The van der Waals surface area contributed by atoms with E-state index in [0.717, 1.165) is 16.2 Å². The van der Waals surface area contributed by atoms with Gasteiger partial charge in [-0.15, -0.1) is 10.2 Å². The maximum absolute atomic E-state index is 5.53. The van der Waals surface area contributed by atoms with Crippen LogP contribution >= 0.6 is 11.3 Å². The van der Waals surface area contributed by atoms with Crippen LogP contribution in [-0.2, 0) is 0 Å². The van der Waals surface area contributed by atoms with Gasteiger partial charge in [0.15, 0.2) is 5.01 Å². The van der Waals surface area contributed by atoms with Gasteiger partial charge in [0.2, 0.25) is 5.13 Å². The monoisotopic (exact) mass is 217 g/mol. The lowest BCUT2D eigenvalue weighted by Gasteiger charge is -1.96. The second kappa shape index (κ2) is 3.03. The Balaban J connectivity index is 2.18. The van der Waals surface area contributed by atoms with Crippen molar-refractivity contribution in [2.75, 3.05) is 5.73 Å². The summed E-state index contributed by atoms with van der Waals surface area (Å²) < 4.78 is 1.94. The predicted molar refractivity (Wildman–Crippen MR) is 58.5 cm³/mol. The van der Waals surface area contributed by atoms with Crippen LogP contribution in [0.5, 0.6) is 0 Å². The maximum Gasteiger partial charge on any atom is 0.203 e. The molecule has 5 nitrogen and oxygen atoms in total. The number of pyridine rings is 1. The molecule has 0 aliphatic rings. The molecule has 0 saturated carbocycles. The molecule has 0 aliphatic carbocycles. The lowest BCUT2D eigenvalue weighted by Crippen LogP contribution is -1.85. The molecule has 0 bridgehead atoms. The molecule has 0 aliphatic heterocycles. The van der Waals surface area contributed by atoms with Gasteiger partial charge in [-0.3, -0.25) is 0 Å². The van der Waals surface area contributed by atoms with Crippen LogP contribution in [0.4, 0.5) is 5.13 Å². The van der Waals surface area contributed by atoms with Crippen molar-refractivity contribution < 1.29 is 0 Å². The first-order valence-corrected chi connectivity index (χ1v) is 5.17. The SMILES string of the molecule is Nc1nnc(-c2ccc3nccn3c2)s1. The molecule has 6 heteroatoms. The van der Waals surface area contributed by atoms with Crippen molar-refractivity contribution in [2.45, 2.75) is 0 Å². The Morgan fingerprint density at radius 2 is 2.20 bits per heavy atom. The molecule has 0 saturated heterocycles. The molecular formula is C9H7N5S. The Morgan fingerprint density at radius 1 is 1.27 bits per heavy atom. The lowest BCUT2D eigenvalue weighted by atomic mass is 10.3. The van der Waals surface area contributed by atoms with Crippen molar-refractivity contribution in [3.05, 3.63) is 30.7 Å². The number of nitrogens with zero attached hydrogens (tertiary/aromatic N) is 4. The van der Waals surface area contributed by atoms with E-state index in [9.17, 15) is 0 Å². The van der Waals surface area contributed by atoms with Crippen molar-refractivity contribution >= 4 is 22.1 Å². The number of anilines is 1. The van der Waals surface area contributed by atoms with E-state index in [1.165, 1.54) is 11.3 Å². The summed E-state index contributed by atoms with van der Waals surface area (Å²) in [5.41, 5.74) is 7.44. The van der Waals surface area contributed by atoms with E-state index in [4.69, 9.17) is 5.73 Å². The third kappa shape index (κ3) is 1.35. The number of hydrogen-bond donors (Lipinski definition) is 1. The van der Waals surface area contributed by atoms with Crippen LogP contribution in [0.2, 0.25) is 0 Å². The number of nitrogen functional groups attached to an aromatic ring is 1. The Morgan fingerprint density at radius 3 is 3.00 bits per heavy atom. The molecule has 0 radical (unpaired) electrons. The van der Waals surface area contributed by atoms with Gasteiger partial charge in [0.25, 0.3) is 0 Å². The number of aromatic nitrogens is 4. The van der Waals surface area contributed by atoms with Gasteiger partial charge in [-0.1, -0.05) is 11.3 Å². The second-order valence-electron chi connectivity index (χ2n) is 3.06. The predicted octanol–water partition coefficient (Wildman–Crippen LogP) is 1.43. The molecule has 74 valence electrons. The molecule has 0 amide bonds. The van der Waals surface area contributed by atoms with Crippen molar-refractivity contribution in [3.63, 3.8) is 0 Å². The lowest BCUT2D eigenvalue weighted by molar-refractivity contribution is 1.10. The highest BCUT2D eigenvalue weighted by Crippen LogP contribution is 2.24. The smallest absolute Gasteiger partial charge is 0.203 e. The topological polar surface area (TPSA) is 69.1 Å². The van der Waals surface area contributed by atoms with Crippen LogP contribution < -0.4 is 5.73 Å². The van der Waals surface area contributed by atoms with Crippen molar-refractivity contribution in [1.29, 1.82) is 0 Å². The van der Waals surface area contributed by atoms with E-state index in [0.29, 0.717) is 5.13 Å². The summed E-state index contributed by atoms with van der Waals surface area (Å²) in [4.78, 5) is 4.16. The van der Waals surface area contributed by atoms with E-state index in [-0.39, 0.29) is 0 Å². The van der Waals surface area contributed by atoms with Gasteiger partial charge in [-0.25, -0.2) is 4.98 Å². The highest BCUT2D eigenvalue weighted by Gasteiger charge is 2.05. The second-order valence-corrected chi connectivity index (χ2v) is 4.07. The first-order valence-electron chi connectivity index (χ1n) is 4.35. The minimum Gasteiger partial charge on any atom is -0.374 e. The Hall–Kier alpha value is -1.95. The van der Waals surface area contributed by atoms with Crippen LogP contribution in [0, 0.1) is 0 Å². The fourth-order valence-corrected chi connectivity index (χ4v) is 2.00. The minimum atomic E-state index is 0.482. The molecule has 3 rings (SSSR count). The number of fused-ring (bicyclic) bond motifs is 1. The highest BCUT2D eigenvalue weighted by atomic mass is 32.1. The van der Waals surface area contributed by atoms with Crippen LogP contribution in [0.25, 0.3) is 16.2 Å². The zero-order valence-corrected chi connectivity index (χ0v) is 8.48. The van der Waals surface area contributed by atoms with Crippen LogP contribution in [0.15, 0.2) is 30.7 Å². The van der Waals surface area contributed by atoms with E-state index < -0.39 is 0 Å². The van der Waals surface area contributed by atoms with Gasteiger partial charge in [0, 0.05) is 24.2 Å². The molecule has 2 N–H and O–H groups in total. The van der Waals surface area contributed by atoms with E-state index in [2.05, 4.69) is 15.2 Å². The number of hydrogen-bond acceptors (Lipinski definition) is 5. The average Bonchev–Trinajstić information content (AvgIpc) is 2.84. The van der Waals surface area contributed by atoms with Crippen LogP contribution in [0.3, 0.4) is 0 Å². The molecule has 0 fully saturated rings. The van der Waals surface area contributed by atoms with Gasteiger partial charge < -0.3 is 10.1 Å². The molecule has 0 aromatic carbocycles. The van der Waals surface area contributed by atoms with E-state index in [1.807, 2.05) is 28.9 Å². The summed E-state index contributed by atoms with van der Waals surface area (Å²) in [5.74, 6) is 0. The molecule has 15 heavy (non-hydrogen) atoms. The summed E-state index contributed by atoms with van der Waals surface area (Å²) in [6.07, 6.45) is 5.61. The Labute approximate surface area is 89.2 Å². The fraction of sp³-hybridized carbons (Fsp3) is 0. The van der Waals surface area contributed by atoms with Gasteiger partial charge in [0.05, 0.1) is 0 Å². The maximum atomic E-state index is 5.53. The molecule has 0 spiro atoms. The van der Waals surface area contributed by atoms with Crippen molar-refractivity contribution in [2.24, 2.45) is 0 Å². The summed E-state index contributed by atoms with van der Waals surface area (Å²) in [6.45, 7) is 0. The highest BCUT2D eigenvalue weighted by molar-refractivity contribution is 7.18. The number of imidazole rings is 1. The van der Waals surface area contributed by atoms with Gasteiger partial charge in [-0.05, 0) is 12.1 Å². The molecule has 3 aromatic rings. The van der Waals surface area contributed by atoms with E-state index in [1.54, 1.807) is 6.20 Å². The summed E-state index contributed by atoms with van der Waals surface area (Å²) >= 11 is 1.37. The molecule has 0 atom stereocenters. The van der Waals surface area contributed by atoms with Gasteiger partial charge in [0.1, 0.15) is 5.65 Å². The zero-order valence-electron chi connectivity index (χ0n) is 7.66. The first-order chi connectivity index (χ1) is 7.33. The normalized spacial score (nSPS) is 10.9. The third-order valence-electron chi connectivity index (χ3n) is 2.08. The molecule has 3 heterocycles. The quantitative estimate of drug-likeness (QED) is 0.669. The average molecular weight is 217 g/mol.